The molecule has 2 heterocycles. The second-order valence-electron chi connectivity index (χ2n) is 12.5. The molecular weight excluding hydrogens is 560 g/mol. The molecule has 2 bridgehead atoms. The largest absolute Gasteiger partial charge is 0.508 e. The first kappa shape index (κ1) is 34.9. The van der Waals surface area contributed by atoms with Gasteiger partial charge in [-0.25, -0.2) is 0 Å². The lowest BCUT2D eigenvalue weighted by atomic mass is 9.92. The van der Waals surface area contributed by atoms with Crippen LogP contribution in [0.15, 0.2) is 42.5 Å². The summed E-state index contributed by atoms with van der Waals surface area (Å²) < 4.78 is 6.42. The summed E-state index contributed by atoms with van der Waals surface area (Å²) in [6, 6.07) is 11.6. The smallest absolute Gasteiger partial charge is 0.246 e. The van der Waals surface area contributed by atoms with Crippen molar-refractivity contribution < 1.29 is 29.3 Å². The number of amides is 3. The minimum atomic E-state index is -1.52. The van der Waals surface area contributed by atoms with Crippen LogP contribution >= 0.6 is 0 Å². The number of nitrogens with one attached hydrogen (secondary N) is 3. The van der Waals surface area contributed by atoms with Gasteiger partial charge in [-0.3, -0.25) is 14.4 Å². The fraction of sp³-hybridized carbons (Fsp3) is 0.559. The van der Waals surface area contributed by atoms with Crippen molar-refractivity contribution in [2.75, 3.05) is 26.7 Å². The van der Waals surface area contributed by atoms with Gasteiger partial charge in [0.25, 0.3) is 0 Å². The summed E-state index contributed by atoms with van der Waals surface area (Å²) in [4.78, 5) is 40.4. The molecule has 2 aliphatic heterocycles. The van der Waals surface area contributed by atoms with Gasteiger partial charge in [-0.15, -0.1) is 0 Å². The molecule has 44 heavy (non-hydrogen) atoms. The van der Waals surface area contributed by atoms with Crippen LogP contribution in [-0.4, -0.2) is 83.3 Å². The van der Waals surface area contributed by atoms with Crippen LogP contribution < -0.4 is 20.7 Å². The summed E-state index contributed by atoms with van der Waals surface area (Å²) in [7, 11) is 1.53. The number of nitrogens with zero attached hydrogens (tertiary/aromatic N) is 1. The molecule has 0 aromatic heterocycles. The minimum absolute atomic E-state index is 0.00622. The number of hydrogen-bond acceptors (Lipinski definition) is 7. The van der Waals surface area contributed by atoms with E-state index in [0.717, 1.165) is 43.4 Å². The van der Waals surface area contributed by atoms with E-state index < -0.39 is 23.6 Å². The molecule has 4 unspecified atom stereocenters. The van der Waals surface area contributed by atoms with E-state index in [9.17, 15) is 19.5 Å². The molecule has 10 nitrogen and oxygen atoms in total. The zero-order valence-electron chi connectivity index (χ0n) is 27.0. The second kappa shape index (κ2) is 15.9. The van der Waals surface area contributed by atoms with Crippen LogP contribution in [-0.2, 0) is 27.2 Å². The van der Waals surface area contributed by atoms with Crippen LogP contribution in [0.5, 0.6) is 11.5 Å². The number of hydrogen-bond donors (Lipinski definition) is 5. The quantitative estimate of drug-likeness (QED) is 0.360. The molecule has 2 aliphatic rings. The van der Waals surface area contributed by atoms with Crippen molar-refractivity contribution in [2.45, 2.75) is 90.5 Å². The van der Waals surface area contributed by atoms with Crippen molar-refractivity contribution in [3.63, 3.8) is 0 Å². The van der Waals surface area contributed by atoms with E-state index in [1.807, 2.05) is 39.0 Å². The van der Waals surface area contributed by atoms with Crippen LogP contribution in [0.1, 0.15) is 63.6 Å². The molecule has 0 aliphatic carbocycles. The first-order valence-electron chi connectivity index (χ1n) is 15.6. The number of para-hydroxylation sites is 1. The van der Waals surface area contributed by atoms with Crippen molar-refractivity contribution in [2.24, 2.45) is 5.92 Å². The number of aryl methyl sites for hydroxylation is 3. The number of ether oxygens (including phenoxy) is 1. The van der Waals surface area contributed by atoms with Crippen molar-refractivity contribution in [1.82, 2.24) is 20.9 Å². The van der Waals surface area contributed by atoms with E-state index in [1.54, 1.807) is 12.1 Å². The molecule has 3 amide bonds. The standard InChI is InChI=1S/C27H42N4O5.C7H8O/c1-6-17(2)22-26(34)31(5)24(27(3,4)35)25(33)30-16-21(32)28-14-8-11-18-9-7-10-19-12-13-20(15-29-22)36-23(18)19;1-6-2-4-7(8)5-3-6/h7,9-10,17,20,22,24,29,35H,6,8,11-16H2,1-5H3,(H,28,32)(H,30,33);2-5,8H,1H3. The Balaban J connectivity index is 0.000000572. The molecule has 2 aromatic rings. The summed E-state index contributed by atoms with van der Waals surface area (Å²) in [5, 5.41) is 28.4. The molecule has 2 aromatic carbocycles. The number of benzene rings is 2. The third-order valence-corrected chi connectivity index (χ3v) is 8.30. The average molecular weight is 611 g/mol. The minimum Gasteiger partial charge on any atom is -0.508 e. The van der Waals surface area contributed by atoms with Gasteiger partial charge in [0.2, 0.25) is 17.7 Å². The van der Waals surface area contributed by atoms with E-state index in [0.29, 0.717) is 18.8 Å². The number of rotatable bonds is 3. The number of carbonyl (C=O) groups is 3. The summed E-state index contributed by atoms with van der Waals surface area (Å²) in [6.07, 6.45) is 3.91. The maximum absolute atomic E-state index is 13.7. The predicted molar refractivity (Wildman–Crippen MR) is 170 cm³/mol. The van der Waals surface area contributed by atoms with E-state index in [-0.39, 0.29) is 30.4 Å². The first-order chi connectivity index (χ1) is 20.8. The summed E-state index contributed by atoms with van der Waals surface area (Å²) in [6.45, 7) is 9.71. The molecule has 4 atom stereocenters. The maximum Gasteiger partial charge on any atom is 0.246 e. The Morgan fingerprint density at radius 2 is 1.70 bits per heavy atom. The van der Waals surface area contributed by atoms with Gasteiger partial charge in [0, 0.05) is 20.1 Å². The number of phenols is 1. The fourth-order valence-electron chi connectivity index (χ4n) is 5.59. The van der Waals surface area contributed by atoms with Gasteiger partial charge in [-0.05, 0) is 75.6 Å². The molecule has 0 spiro atoms. The van der Waals surface area contributed by atoms with Gasteiger partial charge < -0.3 is 35.8 Å². The van der Waals surface area contributed by atoms with Crippen molar-refractivity contribution in [1.29, 1.82) is 0 Å². The normalized spacial score (nSPS) is 22.7. The van der Waals surface area contributed by atoms with Gasteiger partial charge in [0.05, 0.1) is 18.2 Å². The maximum atomic E-state index is 13.7. The van der Waals surface area contributed by atoms with Crippen molar-refractivity contribution in [3.8, 4) is 11.5 Å². The fourth-order valence-corrected chi connectivity index (χ4v) is 5.59. The molecule has 10 heteroatoms. The number of fused-ring (bicyclic) bond motifs is 1. The Labute approximate surface area is 261 Å². The number of aliphatic hydroxyl groups is 1. The lowest BCUT2D eigenvalue weighted by molar-refractivity contribution is -0.150. The SMILES string of the molecule is CCC(C)C1NCC2CCc3cccc(c3O2)CCCNC(=O)CNC(=O)C(C(C)(C)O)N(C)C1=O.Cc1ccc(O)cc1. The second-order valence-corrected chi connectivity index (χ2v) is 12.5. The van der Waals surface area contributed by atoms with Gasteiger partial charge >= 0.3 is 0 Å². The lowest BCUT2D eigenvalue weighted by Crippen LogP contribution is -2.62. The average Bonchev–Trinajstić information content (AvgIpc) is 2.98. The number of phenolic OH excluding ortho intramolecular Hbond substituents is 1. The van der Waals surface area contributed by atoms with E-state index >= 15 is 0 Å². The third kappa shape index (κ3) is 9.69. The monoisotopic (exact) mass is 610 g/mol. The number of carbonyl (C=O) groups excluding carboxylic acids is 3. The molecule has 4 rings (SSSR count). The zero-order chi connectivity index (χ0) is 32.4. The third-order valence-electron chi connectivity index (χ3n) is 8.30. The highest BCUT2D eigenvalue weighted by atomic mass is 16.5. The highest BCUT2D eigenvalue weighted by Crippen LogP contribution is 2.32. The molecular formula is C34H50N4O6. The van der Waals surface area contributed by atoms with Gasteiger partial charge in [0.1, 0.15) is 23.6 Å². The Morgan fingerprint density at radius 3 is 2.32 bits per heavy atom. The van der Waals surface area contributed by atoms with Crippen LogP contribution in [0, 0.1) is 12.8 Å². The van der Waals surface area contributed by atoms with Gasteiger partial charge in [0.15, 0.2) is 0 Å². The Kier molecular flexibility index (Phi) is 12.6. The molecule has 0 saturated carbocycles. The predicted octanol–water partition coefficient (Wildman–Crippen LogP) is 2.86. The molecule has 242 valence electrons. The van der Waals surface area contributed by atoms with Crippen LogP contribution in [0.3, 0.4) is 0 Å². The van der Waals surface area contributed by atoms with Crippen molar-refractivity contribution >= 4 is 17.7 Å². The van der Waals surface area contributed by atoms with Crippen LogP contribution in [0.2, 0.25) is 0 Å². The first-order valence-corrected chi connectivity index (χ1v) is 15.6. The molecule has 0 fully saturated rings. The molecule has 0 radical (unpaired) electrons. The van der Waals surface area contributed by atoms with E-state index in [2.05, 4.69) is 28.1 Å². The highest BCUT2D eigenvalue weighted by molar-refractivity contribution is 5.92. The molecule has 5 N–H and O–H groups in total. The Bertz CT molecular complexity index is 1240. The summed E-state index contributed by atoms with van der Waals surface area (Å²) >= 11 is 0. The van der Waals surface area contributed by atoms with Gasteiger partial charge in [-0.1, -0.05) is 56.2 Å². The number of likely N-dealkylation sites (N-methyl/N-ethyl adjacent to an activating group) is 1. The number of aromatic hydroxyl groups is 1. The van der Waals surface area contributed by atoms with Gasteiger partial charge in [-0.2, -0.15) is 0 Å². The van der Waals surface area contributed by atoms with E-state index in [1.165, 1.54) is 36.9 Å². The molecule has 0 saturated heterocycles. The van der Waals surface area contributed by atoms with E-state index in [4.69, 9.17) is 9.84 Å². The zero-order valence-corrected chi connectivity index (χ0v) is 27.0. The Hall–Kier alpha value is -3.63. The van der Waals surface area contributed by atoms with Crippen molar-refractivity contribution in [3.05, 3.63) is 59.2 Å². The Morgan fingerprint density at radius 1 is 1.05 bits per heavy atom. The lowest BCUT2D eigenvalue weighted by Gasteiger charge is -2.39. The van der Waals surface area contributed by atoms with Crippen LogP contribution in [0.4, 0.5) is 0 Å². The summed E-state index contributed by atoms with van der Waals surface area (Å²) in [5.41, 5.74) is 1.96. The topological polar surface area (TPSA) is 140 Å². The van der Waals surface area contributed by atoms with Crippen LogP contribution in [0.25, 0.3) is 0 Å². The highest BCUT2D eigenvalue weighted by Gasteiger charge is 2.41. The summed E-state index contributed by atoms with van der Waals surface area (Å²) in [5.74, 6) is 0.0620.